The number of hydrogen-bond acceptors (Lipinski definition) is 7. The maximum absolute atomic E-state index is 12.7. The molecule has 8 nitrogen and oxygen atoms in total. The summed E-state index contributed by atoms with van der Waals surface area (Å²) in [4.78, 5) is 12.7. The molecule has 1 N–H and O–H groups in total. The van der Waals surface area contributed by atoms with Crippen LogP contribution in [0.2, 0.25) is 0 Å². The second-order valence-electron chi connectivity index (χ2n) is 9.92. The molecule has 1 heterocycles. The minimum absolute atomic E-state index is 0.0464. The lowest BCUT2D eigenvalue weighted by Gasteiger charge is -2.19. The van der Waals surface area contributed by atoms with Gasteiger partial charge in [0, 0.05) is 11.3 Å². The number of thioether (sulfide) groups is 1. The van der Waals surface area contributed by atoms with Gasteiger partial charge in [-0.25, -0.2) is 5.43 Å². The van der Waals surface area contributed by atoms with Crippen molar-refractivity contribution in [3.63, 3.8) is 0 Å². The van der Waals surface area contributed by atoms with E-state index in [0.717, 1.165) is 28.3 Å². The van der Waals surface area contributed by atoms with Crippen LogP contribution in [0.15, 0.2) is 83.1 Å². The number of amides is 1. The van der Waals surface area contributed by atoms with Gasteiger partial charge in [-0.1, -0.05) is 56.8 Å². The van der Waals surface area contributed by atoms with Crippen LogP contribution in [0, 0.1) is 0 Å². The van der Waals surface area contributed by atoms with Crippen molar-refractivity contribution in [2.45, 2.75) is 38.3 Å². The van der Waals surface area contributed by atoms with Crippen molar-refractivity contribution in [3.05, 3.63) is 83.9 Å². The molecule has 0 aliphatic heterocycles. The molecule has 1 amide bonds. The van der Waals surface area contributed by atoms with Gasteiger partial charge in [-0.15, -0.1) is 10.2 Å². The number of methoxy groups -OCH3 is 2. The van der Waals surface area contributed by atoms with Crippen LogP contribution in [0.25, 0.3) is 17.1 Å². The highest BCUT2D eigenvalue weighted by Crippen LogP contribution is 2.30. The fourth-order valence-electron chi connectivity index (χ4n) is 3.84. The van der Waals surface area contributed by atoms with Gasteiger partial charge in [0.25, 0.3) is 5.91 Å². The molecular formula is C30H33N5O3S. The first kappa shape index (κ1) is 27.9. The van der Waals surface area contributed by atoms with Crippen LogP contribution >= 0.6 is 11.8 Å². The summed E-state index contributed by atoms with van der Waals surface area (Å²) in [6.45, 7) is 8.39. The Morgan fingerprint density at radius 3 is 2.05 bits per heavy atom. The predicted octanol–water partition coefficient (Wildman–Crippen LogP) is 5.88. The second-order valence-corrected chi connectivity index (χ2v) is 10.9. The van der Waals surface area contributed by atoms with E-state index in [4.69, 9.17) is 9.47 Å². The van der Waals surface area contributed by atoms with E-state index in [0.29, 0.717) is 16.7 Å². The van der Waals surface area contributed by atoms with Gasteiger partial charge in [-0.05, 0) is 72.0 Å². The molecule has 9 heteroatoms. The van der Waals surface area contributed by atoms with Crippen LogP contribution in [-0.2, 0) is 10.2 Å². The van der Waals surface area contributed by atoms with Crippen LogP contribution in [0.3, 0.4) is 0 Å². The number of nitrogens with zero attached hydrogens (tertiary/aromatic N) is 4. The molecule has 1 aromatic heterocycles. The van der Waals surface area contributed by atoms with Gasteiger partial charge in [0.05, 0.1) is 25.7 Å². The molecule has 4 aromatic rings. The molecule has 4 rings (SSSR count). The Balaban J connectivity index is 1.54. The van der Waals surface area contributed by atoms with Crippen molar-refractivity contribution in [2.75, 3.05) is 20.0 Å². The van der Waals surface area contributed by atoms with E-state index >= 15 is 0 Å². The molecule has 0 unspecified atom stereocenters. The molecule has 0 aliphatic carbocycles. The SMILES string of the molecule is COc1ccc(/C(C)=N\NC(=O)CSc2nnc(-c3ccc(C(C)(C)C)cc3)n2-c2ccc(OC)cc2)cc1. The fraction of sp³-hybridized carbons (Fsp3) is 0.267. The number of benzene rings is 3. The highest BCUT2D eigenvalue weighted by atomic mass is 32.2. The summed E-state index contributed by atoms with van der Waals surface area (Å²) in [5.41, 5.74) is 7.30. The van der Waals surface area contributed by atoms with Crippen LogP contribution in [-0.4, -0.2) is 46.4 Å². The second kappa shape index (κ2) is 12.2. The van der Waals surface area contributed by atoms with Gasteiger partial charge in [-0.2, -0.15) is 5.10 Å². The zero-order chi connectivity index (χ0) is 28.0. The lowest BCUT2D eigenvalue weighted by molar-refractivity contribution is -0.118. The van der Waals surface area contributed by atoms with Crippen molar-refractivity contribution in [1.29, 1.82) is 0 Å². The third kappa shape index (κ3) is 6.86. The molecule has 0 bridgehead atoms. The van der Waals surface area contributed by atoms with E-state index in [2.05, 4.69) is 65.8 Å². The molecule has 0 radical (unpaired) electrons. The van der Waals surface area contributed by atoms with Gasteiger partial charge >= 0.3 is 0 Å². The monoisotopic (exact) mass is 543 g/mol. The quantitative estimate of drug-likeness (QED) is 0.161. The lowest BCUT2D eigenvalue weighted by atomic mass is 9.87. The van der Waals surface area contributed by atoms with Crippen molar-refractivity contribution >= 4 is 23.4 Å². The molecule has 39 heavy (non-hydrogen) atoms. The predicted molar refractivity (Wildman–Crippen MR) is 156 cm³/mol. The average molecular weight is 544 g/mol. The molecule has 0 aliphatic rings. The summed E-state index contributed by atoms with van der Waals surface area (Å²) in [5.74, 6) is 2.08. The molecule has 0 fully saturated rings. The number of hydrogen-bond donors (Lipinski definition) is 1. The van der Waals surface area contributed by atoms with Gasteiger partial charge in [0.15, 0.2) is 11.0 Å². The third-order valence-corrected chi connectivity index (χ3v) is 7.09. The summed E-state index contributed by atoms with van der Waals surface area (Å²) >= 11 is 1.30. The molecule has 0 saturated heterocycles. The molecule has 3 aromatic carbocycles. The summed E-state index contributed by atoms with van der Waals surface area (Å²) in [7, 11) is 3.25. The number of aromatic nitrogens is 3. The number of carbonyl (C=O) groups is 1. The lowest BCUT2D eigenvalue weighted by Crippen LogP contribution is -2.21. The van der Waals surface area contributed by atoms with Crippen LogP contribution in [0.5, 0.6) is 11.5 Å². The van der Waals surface area contributed by atoms with E-state index in [1.54, 1.807) is 14.2 Å². The average Bonchev–Trinajstić information content (AvgIpc) is 3.38. The fourth-order valence-corrected chi connectivity index (χ4v) is 4.58. The Hall–Kier alpha value is -4.11. The zero-order valence-electron chi connectivity index (χ0n) is 23.1. The molecule has 0 spiro atoms. The smallest absolute Gasteiger partial charge is 0.250 e. The Morgan fingerprint density at radius 2 is 1.49 bits per heavy atom. The standard InChI is InChI=1S/C30H33N5O3S/c1-20(21-9-15-25(37-5)16-10-21)31-32-27(36)19-39-29-34-33-28(22-7-11-23(12-8-22)30(2,3)4)35(29)24-13-17-26(38-6)18-14-24/h7-18H,19H2,1-6H3,(H,32,36)/b31-20-. The van der Waals surface area contributed by atoms with Gasteiger partial charge in [0.1, 0.15) is 11.5 Å². The Labute approximate surface area is 233 Å². The first-order valence-electron chi connectivity index (χ1n) is 12.5. The maximum atomic E-state index is 12.7. The van der Waals surface area contributed by atoms with Crippen molar-refractivity contribution in [2.24, 2.45) is 5.10 Å². The Bertz CT molecular complexity index is 1440. The van der Waals surface area contributed by atoms with E-state index in [1.807, 2.05) is 60.0 Å². The van der Waals surface area contributed by atoms with Crippen molar-refractivity contribution in [3.8, 4) is 28.6 Å². The largest absolute Gasteiger partial charge is 0.497 e. The van der Waals surface area contributed by atoms with Gasteiger partial charge in [0.2, 0.25) is 0 Å². The van der Waals surface area contributed by atoms with E-state index in [1.165, 1.54) is 17.3 Å². The summed E-state index contributed by atoms with van der Waals surface area (Å²) in [6, 6.07) is 23.5. The Kier molecular flexibility index (Phi) is 8.71. The number of carbonyl (C=O) groups excluding carboxylic acids is 1. The molecule has 202 valence electrons. The number of nitrogens with one attached hydrogen (secondary N) is 1. The normalized spacial score (nSPS) is 11.8. The summed E-state index contributed by atoms with van der Waals surface area (Å²) in [5, 5.41) is 13.8. The highest BCUT2D eigenvalue weighted by molar-refractivity contribution is 7.99. The van der Waals surface area contributed by atoms with E-state index in [9.17, 15) is 4.79 Å². The van der Waals surface area contributed by atoms with Crippen molar-refractivity contribution in [1.82, 2.24) is 20.2 Å². The molecule has 0 atom stereocenters. The third-order valence-electron chi connectivity index (χ3n) is 6.16. The van der Waals surface area contributed by atoms with Gasteiger partial charge in [-0.3, -0.25) is 9.36 Å². The van der Waals surface area contributed by atoms with Crippen molar-refractivity contribution < 1.29 is 14.3 Å². The topological polar surface area (TPSA) is 90.6 Å². The highest BCUT2D eigenvalue weighted by Gasteiger charge is 2.19. The van der Waals surface area contributed by atoms with Crippen LogP contribution in [0.4, 0.5) is 0 Å². The minimum atomic E-state index is -0.242. The summed E-state index contributed by atoms with van der Waals surface area (Å²) < 4.78 is 12.5. The number of hydrazone groups is 1. The molecular weight excluding hydrogens is 510 g/mol. The Morgan fingerprint density at radius 1 is 0.897 bits per heavy atom. The number of rotatable bonds is 9. The summed E-state index contributed by atoms with van der Waals surface area (Å²) in [6.07, 6.45) is 0. The first-order valence-corrected chi connectivity index (χ1v) is 13.5. The minimum Gasteiger partial charge on any atom is -0.497 e. The van der Waals surface area contributed by atoms with Gasteiger partial charge < -0.3 is 9.47 Å². The van der Waals surface area contributed by atoms with Crippen LogP contribution in [0.1, 0.15) is 38.8 Å². The zero-order valence-corrected chi connectivity index (χ0v) is 23.9. The maximum Gasteiger partial charge on any atom is 0.250 e. The van der Waals surface area contributed by atoms with E-state index in [-0.39, 0.29) is 17.1 Å². The van der Waals surface area contributed by atoms with E-state index < -0.39 is 0 Å². The number of ether oxygens (including phenoxy) is 2. The van der Waals surface area contributed by atoms with Crippen LogP contribution < -0.4 is 14.9 Å². The first-order chi connectivity index (χ1) is 18.7. The molecule has 0 saturated carbocycles.